The summed E-state index contributed by atoms with van der Waals surface area (Å²) in [6, 6.07) is 0. The van der Waals surface area contributed by atoms with Crippen LogP contribution in [0.5, 0.6) is 0 Å². The number of fused-ring (bicyclic) bond motifs is 5. The smallest absolute Gasteiger partial charge is 0.133 e. The number of aliphatic hydroxyl groups excluding tert-OH is 2. The van der Waals surface area contributed by atoms with E-state index in [-0.39, 0.29) is 51.5 Å². The third kappa shape index (κ3) is 2.31. The predicted molar refractivity (Wildman–Crippen MR) is 107 cm³/mol. The van der Waals surface area contributed by atoms with Crippen LogP contribution < -0.4 is 0 Å². The molecule has 3 heteroatoms. The minimum absolute atomic E-state index is 0.0397. The lowest BCUT2D eigenvalue weighted by atomic mass is 9.35. The fourth-order valence-electron chi connectivity index (χ4n) is 9.20. The van der Waals surface area contributed by atoms with Crippen molar-refractivity contribution in [3.05, 3.63) is 0 Å². The molecule has 154 valence electrons. The third-order valence-corrected chi connectivity index (χ3v) is 10.9. The van der Waals surface area contributed by atoms with E-state index in [1.807, 2.05) is 0 Å². The van der Waals surface area contributed by atoms with Gasteiger partial charge in [-0.25, -0.2) is 0 Å². The summed E-state index contributed by atoms with van der Waals surface area (Å²) in [5.41, 5.74) is 0.318. The lowest BCUT2D eigenvalue weighted by Crippen LogP contribution is -2.66. The Labute approximate surface area is 165 Å². The van der Waals surface area contributed by atoms with E-state index in [1.165, 1.54) is 6.42 Å². The minimum atomic E-state index is -0.366. The molecule has 0 amide bonds. The van der Waals surface area contributed by atoms with Crippen molar-refractivity contribution in [1.82, 2.24) is 0 Å². The van der Waals surface area contributed by atoms with E-state index >= 15 is 0 Å². The molecule has 0 spiro atoms. The Balaban J connectivity index is 1.77. The molecule has 0 bridgehead atoms. The van der Waals surface area contributed by atoms with Crippen molar-refractivity contribution in [3.8, 4) is 0 Å². The van der Waals surface area contributed by atoms with Crippen LogP contribution in [0.2, 0.25) is 0 Å². The first-order chi connectivity index (χ1) is 12.4. The highest BCUT2D eigenvalue weighted by Gasteiger charge is 2.70. The fraction of sp³-hybridized carbons (Fsp3) is 0.958. The summed E-state index contributed by atoms with van der Waals surface area (Å²) in [6.45, 7) is 13.6. The number of hydrogen-bond donors (Lipinski definition) is 2. The van der Waals surface area contributed by atoms with E-state index < -0.39 is 0 Å². The van der Waals surface area contributed by atoms with E-state index in [2.05, 4.69) is 34.6 Å². The third-order valence-electron chi connectivity index (χ3n) is 10.9. The van der Waals surface area contributed by atoms with E-state index in [4.69, 9.17) is 0 Å². The van der Waals surface area contributed by atoms with E-state index in [9.17, 15) is 15.0 Å². The molecule has 4 aliphatic rings. The van der Waals surface area contributed by atoms with Crippen LogP contribution >= 0.6 is 0 Å². The molecule has 4 rings (SSSR count). The molecule has 4 saturated carbocycles. The van der Waals surface area contributed by atoms with Gasteiger partial charge in [0.25, 0.3) is 0 Å². The lowest BCUT2D eigenvalue weighted by molar-refractivity contribution is -0.241. The maximum Gasteiger partial charge on any atom is 0.133 e. The Bertz CT molecular complexity index is 642. The number of ketones is 1. The summed E-state index contributed by atoms with van der Waals surface area (Å²) < 4.78 is 0. The Kier molecular flexibility index (Phi) is 4.28. The number of carbonyl (C=O) groups is 1. The van der Waals surface area contributed by atoms with Crippen molar-refractivity contribution in [2.24, 2.45) is 45.3 Å². The normalized spacial score (nSPS) is 56.7. The largest absolute Gasteiger partial charge is 0.393 e. The molecule has 0 aromatic carbocycles. The van der Waals surface area contributed by atoms with Gasteiger partial charge in [0.2, 0.25) is 0 Å². The molecule has 4 aliphatic carbocycles. The van der Waals surface area contributed by atoms with Crippen LogP contribution in [0.1, 0.15) is 86.5 Å². The number of hydrogen-bond acceptors (Lipinski definition) is 3. The van der Waals surface area contributed by atoms with E-state index in [1.54, 1.807) is 6.92 Å². The molecule has 0 heterocycles. The topological polar surface area (TPSA) is 57.5 Å². The van der Waals surface area contributed by atoms with Crippen LogP contribution in [-0.4, -0.2) is 28.2 Å². The minimum Gasteiger partial charge on any atom is -0.393 e. The summed E-state index contributed by atoms with van der Waals surface area (Å²) in [6.07, 6.45) is 6.53. The lowest BCUT2D eigenvalue weighted by Gasteiger charge is -2.70. The summed E-state index contributed by atoms with van der Waals surface area (Å²) in [7, 11) is 0. The average Bonchev–Trinajstić information content (AvgIpc) is 2.94. The highest BCUT2D eigenvalue weighted by Crippen LogP contribution is 2.75. The first-order valence-corrected chi connectivity index (χ1v) is 11.3. The van der Waals surface area contributed by atoms with Gasteiger partial charge in [-0.2, -0.15) is 0 Å². The Hall–Kier alpha value is -0.410. The zero-order chi connectivity index (χ0) is 20.0. The van der Waals surface area contributed by atoms with Gasteiger partial charge in [0.1, 0.15) is 5.78 Å². The molecule has 0 aliphatic heterocycles. The molecular formula is C24H40O3. The van der Waals surface area contributed by atoms with E-state index in [0.717, 1.165) is 38.5 Å². The number of aliphatic hydroxyl groups is 2. The zero-order valence-electron chi connectivity index (χ0n) is 18.2. The second kappa shape index (κ2) is 5.81. The summed E-state index contributed by atoms with van der Waals surface area (Å²) in [4.78, 5) is 12.3. The highest BCUT2D eigenvalue weighted by atomic mass is 16.3. The molecule has 0 radical (unpaired) electrons. The van der Waals surface area contributed by atoms with Gasteiger partial charge >= 0.3 is 0 Å². The molecule has 0 aromatic rings. The van der Waals surface area contributed by atoms with Crippen molar-refractivity contribution >= 4 is 5.78 Å². The number of rotatable bonds is 1. The van der Waals surface area contributed by atoms with Crippen LogP contribution in [-0.2, 0) is 4.79 Å². The van der Waals surface area contributed by atoms with Gasteiger partial charge in [0.15, 0.2) is 0 Å². The van der Waals surface area contributed by atoms with Gasteiger partial charge < -0.3 is 10.2 Å². The predicted octanol–water partition coefficient (Wildman–Crippen LogP) is 4.59. The SMILES string of the molecule is CC(=O)[C@H]1CC[C@]2(C)[C@@H]1[C@H](O)C[C@@H]1[C@@]3(C)CC[C@H](O)C(C)(C)[C@@H]3CC[C@]12C. The summed E-state index contributed by atoms with van der Waals surface area (Å²) in [5.74, 6) is 1.41. The first-order valence-electron chi connectivity index (χ1n) is 11.3. The Morgan fingerprint density at radius 3 is 2.11 bits per heavy atom. The number of carbonyl (C=O) groups excluding carboxylic acids is 1. The van der Waals surface area contributed by atoms with Crippen LogP contribution in [0.25, 0.3) is 0 Å². The fourth-order valence-corrected chi connectivity index (χ4v) is 9.20. The van der Waals surface area contributed by atoms with Crippen molar-refractivity contribution in [3.63, 3.8) is 0 Å². The Morgan fingerprint density at radius 1 is 0.852 bits per heavy atom. The standard InChI is InChI=1S/C24H40O3/c1-14(25)15-7-11-24(6)20(15)16(26)13-18-22(4)10-9-19(27)21(2,3)17(22)8-12-23(18,24)5/h15-20,26-27H,7-13H2,1-6H3/t15-,16-,17+,18-,19+,20+,22+,23-,24-/m1/s1. The quantitative estimate of drug-likeness (QED) is 0.703. The zero-order valence-corrected chi connectivity index (χ0v) is 18.2. The second-order valence-corrected chi connectivity index (χ2v) is 11.9. The molecule has 27 heavy (non-hydrogen) atoms. The van der Waals surface area contributed by atoms with Crippen LogP contribution in [0, 0.1) is 45.3 Å². The van der Waals surface area contributed by atoms with Gasteiger partial charge in [-0.05, 0) is 85.4 Å². The molecule has 0 aromatic heterocycles. The molecule has 9 atom stereocenters. The van der Waals surface area contributed by atoms with Crippen molar-refractivity contribution < 1.29 is 15.0 Å². The molecular weight excluding hydrogens is 336 g/mol. The van der Waals surface area contributed by atoms with Crippen molar-refractivity contribution in [2.75, 3.05) is 0 Å². The summed E-state index contributed by atoms with van der Waals surface area (Å²) in [5, 5.41) is 22.0. The maximum absolute atomic E-state index is 12.3. The Morgan fingerprint density at radius 2 is 1.48 bits per heavy atom. The van der Waals surface area contributed by atoms with Crippen molar-refractivity contribution in [1.29, 1.82) is 0 Å². The molecule has 4 fully saturated rings. The van der Waals surface area contributed by atoms with Crippen LogP contribution in [0.4, 0.5) is 0 Å². The maximum atomic E-state index is 12.3. The molecule has 0 unspecified atom stereocenters. The highest BCUT2D eigenvalue weighted by molar-refractivity contribution is 5.79. The molecule has 3 nitrogen and oxygen atoms in total. The monoisotopic (exact) mass is 376 g/mol. The van der Waals surface area contributed by atoms with Gasteiger partial charge in [-0.1, -0.05) is 34.6 Å². The van der Waals surface area contributed by atoms with Crippen LogP contribution in [0.15, 0.2) is 0 Å². The molecule has 0 saturated heterocycles. The molecule has 2 N–H and O–H groups in total. The second-order valence-electron chi connectivity index (χ2n) is 11.9. The van der Waals surface area contributed by atoms with Gasteiger partial charge in [-0.15, -0.1) is 0 Å². The summed E-state index contributed by atoms with van der Waals surface area (Å²) >= 11 is 0. The van der Waals surface area contributed by atoms with E-state index in [0.29, 0.717) is 11.8 Å². The van der Waals surface area contributed by atoms with Gasteiger partial charge in [-0.3, -0.25) is 4.79 Å². The van der Waals surface area contributed by atoms with Crippen LogP contribution in [0.3, 0.4) is 0 Å². The average molecular weight is 377 g/mol. The van der Waals surface area contributed by atoms with Gasteiger partial charge in [0.05, 0.1) is 12.2 Å². The van der Waals surface area contributed by atoms with Crippen molar-refractivity contribution in [2.45, 2.75) is 98.7 Å². The first kappa shape index (κ1) is 19.9. The number of Topliss-reactive ketones (excluding diaryl/α,β-unsaturated/α-hetero) is 1. The van der Waals surface area contributed by atoms with Gasteiger partial charge in [0, 0.05) is 11.8 Å².